The van der Waals surface area contributed by atoms with E-state index in [2.05, 4.69) is 41.5 Å². The first-order valence-corrected chi connectivity index (χ1v) is 14.2. The number of anilines is 1. The number of ether oxygens (including phenoxy) is 1. The molecule has 1 aromatic carbocycles. The van der Waals surface area contributed by atoms with Gasteiger partial charge in [-0.3, -0.25) is 10.3 Å². The van der Waals surface area contributed by atoms with Crippen molar-refractivity contribution in [3.8, 4) is 39.1 Å². The lowest BCUT2D eigenvalue weighted by Crippen LogP contribution is -2.24. The molecule has 1 aliphatic carbocycles. The first kappa shape index (κ1) is 26.2. The highest BCUT2D eigenvalue weighted by atomic mass is 79.9. The topological polar surface area (TPSA) is 115 Å². The van der Waals surface area contributed by atoms with E-state index >= 15 is 0 Å². The molecule has 1 aliphatic rings. The molecule has 2 N–H and O–H groups in total. The number of nitrogens with one attached hydrogen (secondary N) is 2. The predicted octanol–water partition coefficient (Wildman–Crippen LogP) is 6.59. The number of hydrogen-bond acceptors (Lipinski definition) is 8. The first-order valence-electron chi connectivity index (χ1n) is 12.6. The van der Waals surface area contributed by atoms with Crippen molar-refractivity contribution >= 4 is 38.4 Å². The molecule has 0 atom stereocenters. The second-order valence-corrected chi connectivity index (χ2v) is 11.0. The zero-order valence-corrected chi connectivity index (χ0v) is 23.4. The van der Waals surface area contributed by atoms with Crippen molar-refractivity contribution in [3.05, 3.63) is 53.5 Å². The van der Waals surface area contributed by atoms with Crippen molar-refractivity contribution in [2.75, 3.05) is 19.0 Å². The van der Waals surface area contributed by atoms with Crippen LogP contribution < -0.4 is 15.4 Å². The quantitative estimate of drug-likeness (QED) is 0.237. The van der Waals surface area contributed by atoms with Gasteiger partial charge < -0.3 is 10.1 Å². The molecule has 0 spiro atoms. The molecule has 2 amide bonds. The summed E-state index contributed by atoms with van der Waals surface area (Å²) in [7, 11) is 1.55. The van der Waals surface area contributed by atoms with E-state index in [1.54, 1.807) is 31.8 Å². The number of carbonyl (C=O) groups is 1. The summed E-state index contributed by atoms with van der Waals surface area (Å²) >= 11 is 5.01. The summed E-state index contributed by atoms with van der Waals surface area (Å²) in [5.74, 6) is 2.00. The fourth-order valence-electron chi connectivity index (χ4n) is 4.46. The molecule has 0 bridgehead atoms. The minimum Gasteiger partial charge on any atom is -0.494 e. The SMILES string of the molecule is CNC(=O)Nc1ncc(-c2cc(-c3cc(OCCC4CCCCC4)ccc3Br)nc(-c3cnccn3)n2)s1. The molecule has 11 heteroatoms. The van der Waals surface area contributed by atoms with Crippen LogP contribution in [0.2, 0.25) is 0 Å². The van der Waals surface area contributed by atoms with Gasteiger partial charge in [0.15, 0.2) is 11.0 Å². The van der Waals surface area contributed by atoms with Crippen molar-refractivity contribution in [1.29, 1.82) is 0 Å². The molecule has 1 saturated carbocycles. The largest absolute Gasteiger partial charge is 0.494 e. The Morgan fingerprint density at radius 1 is 1.05 bits per heavy atom. The molecule has 1 fully saturated rings. The van der Waals surface area contributed by atoms with Crippen LogP contribution in [0.15, 0.2) is 53.5 Å². The Balaban J connectivity index is 1.46. The lowest BCUT2D eigenvalue weighted by Gasteiger charge is -2.21. The highest BCUT2D eigenvalue weighted by Crippen LogP contribution is 2.36. The van der Waals surface area contributed by atoms with E-state index in [9.17, 15) is 4.79 Å². The summed E-state index contributed by atoms with van der Waals surface area (Å²) in [5.41, 5.74) is 2.80. The fraction of sp³-hybridized carbons (Fsp3) is 0.333. The zero-order valence-electron chi connectivity index (χ0n) is 21.0. The summed E-state index contributed by atoms with van der Waals surface area (Å²) in [6.07, 6.45) is 14.3. The molecule has 4 aromatic rings. The number of urea groups is 1. The summed E-state index contributed by atoms with van der Waals surface area (Å²) in [6, 6.07) is 7.53. The van der Waals surface area contributed by atoms with Crippen LogP contribution in [-0.4, -0.2) is 44.6 Å². The van der Waals surface area contributed by atoms with Crippen molar-refractivity contribution < 1.29 is 9.53 Å². The monoisotopic (exact) mass is 593 g/mol. The van der Waals surface area contributed by atoms with Gasteiger partial charge in [-0.05, 0) is 36.6 Å². The van der Waals surface area contributed by atoms with Crippen LogP contribution in [-0.2, 0) is 0 Å². The van der Waals surface area contributed by atoms with Crippen molar-refractivity contribution in [2.24, 2.45) is 5.92 Å². The van der Waals surface area contributed by atoms with Gasteiger partial charge in [0, 0.05) is 35.7 Å². The van der Waals surface area contributed by atoms with Crippen LogP contribution in [0, 0.1) is 5.92 Å². The molecule has 0 aliphatic heterocycles. The Kier molecular flexibility index (Phi) is 8.54. The molecule has 38 heavy (non-hydrogen) atoms. The number of thiazole rings is 1. The molecule has 5 rings (SSSR count). The van der Waals surface area contributed by atoms with Gasteiger partial charge in [0.1, 0.15) is 11.4 Å². The van der Waals surface area contributed by atoms with E-state index in [0.29, 0.717) is 34.6 Å². The number of nitrogens with zero attached hydrogens (tertiary/aromatic N) is 5. The standard InChI is InChI=1S/C27H28BrN7O2S/c1-29-26(36)35-27-32-16-24(38-27)22-14-21(33-25(34-22)23-15-30-10-11-31-23)19-13-18(7-8-20(19)28)37-12-9-17-5-3-2-4-6-17/h7-8,10-11,13-17H,2-6,9,12H2,1H3,(H2,29,32,35,36). The lowest BCUT2D eigenvalue weighted by atomic mass is 9.87. The highest BCUT2D eigenvalue weighted by molar-refractivity contribution is 9.10. The second-order valence-electron chi connectivity index (χ2n) is 9.07. The van der Waals surface area contributed by atoms with Gasteiger partial charge in [-0.2, -0.15) is 0 Å². The van der Waals surface area contributed by atoms with Gasteiger partial charge in [0.05, 0.1) is 29.1 Å². The lowest BCUT2D eigenvalue weighted by molar-refractivity contribution is 0.246. The second kappa shape index (κ2) is 12.4. The number of aromatic nitrogens is 5. The molecule has 3 aromatic heterocycles. The molecular weight excluding hydrogens is 566 g/mol. The van der Waals surface area contributed by atoms with Crippen LogP contribution >= 0.6 is 27.3 Å². The number of hydrogen-bond donors (Lipinski definition) is 2. The number of benzene rings is 1. The van der Waals surface area contributed by atoms with Crippen molar-refractivity contribution in [3.63, 3.8) is 0 Å². The van der Waals surface area contributed by atoms with Gasteiger partial charge in [0.25, 0.3) is 0 Å². The molecule has 196 valence electrons. The minimum absolute atomic E-state index is 0.334. The van der Waals surface area contributed by atoms with E-state index in [4.69, 9.17) is 14.7 Å². The third-order valence-corrected chi connectivity index (χ3v) is 8.08. The Morgan fingerprint density at radius 2 is 1.89 bits per heavy atom. The summed E-state index contributed by atoms with van der Waals surface area (Å²) < 4.78 is 7.05. The van der Waals surface area contributed by atoms with E-state index in [1.165, 1.54) is 43.4 Å². The summed E-state index contributed by atoms with van der Waals surface area (Å²) in [4.78, 5) is 35.0. The number of rotatable bonds is 8. The van der Waals surface area contributed by atoms with Gasteiger partial charge in [0.2, 0.25) is 0 Å². The Hall–Kier alpha value is -3.44. The van der Waals surface area contributed by atoms with Gasteiger partial charge in [-0.25, -0.2) is 24.7 Å². The first-order chi connectivity index (χ1) is 18.6. The van der Waals surface area contributed by atoms with E-state index in [0.717, 1.165) is 33.0 Å². The van der Waals surface area contributed by atoms with Crippen LogP contribution in [0.25, 0.3) is 33.3 Å². The average molecular weight is 595 g/mol. The summed E-state index contributed by atoms with van der Waals surface area (Å²) in [5, 5.41) is 5.70. The normalized spacial score (nSPS) is 13.7. The number of carbonyl (C=O) groups excluding carboxylic acids is 1. The zero-order chi connectivity index (χ0) is 26.3. The third kappa shape index (κ3) is 6.51. The van der Waals surface area contributed by atoms with E-state index < -0.39 is 0 Å². The number of amides is 2. The van der Waals surface area contributed by atoms with E-state index in [1.807, 2.05) is 24.3 Å². The maximum atomic E-state index is 11.7. The Labute approximate surface area is 233 Å². The van der Waals surface area contributed by atoms with Gasteiger partial charge in [-0.1, -0.05) is 59.4 Å². The van der Waals surface area contributed by atoms with Crippen LogP contribution in [0.3, 0.4) is 0 Å². The molecule has 0 unspecified atom stereocenters. The predicted molar refractivity (Wildman–Crippen MR) is 152 cm³/mol. The van der Waals surface area contributed by atoms with Crippen LogP contribution in [0.1, 0.15) is 38.5 Å². The maximum Gasteiger partial charge on any atom is 0.320 e. The smallest absolute Gasteiger partial charge is 0.320 e. The van der Waals surface area contributed by atoms with E-state index in [-0.39, 0.29) is 6.03 Å². The highest BCUT2D eigenvalue weighted by Gasteiger charge is 2.17. The minimum atomic E-state index is -0.334. The molecular formula is C27H28BrN7O2S. The van der Waals surface area contributed by atoms with Gasteiger partial charge >= 0.3 is 6.03 Å². The van der Waals surface area contributed by atoms with Crippen molar-refractivity contribution in [1.82, 2.24) is 30.2 Å². The summed E-state index contributed by atoms with van der Waals surface area (Å²) in [6.45, 7) is 0.702. The van der Waals surface area contributed by atoms with Crippen LogP contribution in [0.5, 0.6) is 5.75 Å². The molecule has 0 saturated heterocycles. The number of halogens is 1. The van der Waals surface area contributed by atoms with Gasteiger partial charge in [-0.15, -0.1) is 0 Å². The van der Waals surface area contributed by atoms with Crippen molar-refractivity contribution in [2.45, 2.75) is 38.5 Å². The van der Waals surface area contributed by atoms with Crippen LogP contribution in [0.4, 0.5) is 9.93 Å². The Bertz CT molecular complexity index is 1390. The molecule has 0 radical (unpaired) electrons. The molecule has 9 nitrogen and oxygen atoms in total. The fourth-order valence-corrected chi connectivity index (χ4v) is 5.68. The average Bonchev–Trinajstić information content (AvgIpc) is 3.43. The molecule has 3 heterocycles. The maximum absolute atomic E-state index is 11.7. The third-order valence-electron chi connectivity index (χ3n) is 6.46. The Morgan fingerprint density at radius 3 is 2.68 bits per heavy atom.